The molecule has 1 saturated heterocycles. The fraction of sp³-hybridized carbons (Fsp3) is 0.259. The van der Waals surface area contributed by atoms with Crippen molar-refractivity contribution in [3.05, 3.63) is 98.9 Å². The normalized spacial score (nSPS) is 14.6. The lowest BCUT2D eigenvalue weighted by atomic mass is 10.1. The molecule has 0 bridgehead atoms. The Balaban J connectivity index is 1.47. The number of rotatable bonds is 8. The number of hydrogen-bond donors (Lipinski definition) is 2. The minimum absolute atomic E-state index is 0.222. The molecule has 34 heavy (non-hydrogen) atoms. The van der Waals surface area contributed by atoms with E-state index in [0.717, 1.165) is 48.9 Å². The van der Waals surface area contributed by atoms with Crippen molar-refractivity contribution in [1.82, 2.24) is 15.5 Å². The molecule has 1 aliphatic rings. The average Bonchev–Trinajstić information content (AvgIpc) is 3.37. The van der Waals surface area contributed by atoms with Crippen molar-refractivity contribution in [2.24, 2.45) is 0 Å². The van der Waals surface area contributed by atoms with Crippen LogP contribution in [-0.2, 0) is 22.6 Å². The topological polar surface area (TPSA) is 70.7 Å². The molecule has 2 N–H and O–H groups in total. The molecular formula is C27H29N3O3S. The Labute approximate surface area is 204 Å². The zero-order valence-corrected chi connectivity index (χ0v) is 20.1. The summed E-state index contributed by atoms with van der Waals surface area (Å²) in [5, 5.41) is 7.74. The second kappa shape index (κ2) is 11.7. The fourth-order valence-electron chi connectivity index (χ4n) is 3.81. The quantitative estimate of drug-likeness (QED) is 0.484. The van der Waals surface area contributed by atoms with Crippen LogP contribution in [0.15, 0.2) is 71.7 Å². The van der Waals surface area contributed by atoms with Gasteiger partial charge in [-0.1, -0.05) is 48.0 Å². The van der Waals surface area contributed by atoms with Gasteiger partial charge in [0.1, 0.15) is 5.70 Å². The van der Waals surface area contributed by atoms with Gasteiger partial charge in [-0.05, 0) is 47.7 Å². The van der Waals surface area contributed by atoms with Gasteiger partial charge in [0, 0.05) is 36.6 Å². The summed E-state index contributed by atoms with van der Waals surface area (Å²) in [5.74, 6) is -0.634. The Hall–Kier alpha value is -3.26. The predicted molar refractivity (Wildman–Crippen MR) is 135 cm³/mol. The fourth-order valence-corrected chi connectivity index (χ4v) is 4.47. The van der Waals surface area contributed by atoms with Crippen LogP contribution in [0.3, 0.4) is 0 Å². The Morgan fingerprint density at radius 1 is 1.03 bits per heavy atom. The van der Waals surface area contributed by atoms with Crippen LogP contribution in [0, 0.1) is 6.92 Å². The van der Waals surface area contributed by atoms with E-state index in [1.54, 1.807) is 18.2 Å². The van der Waals surface area contributed by atoms with E-state index in [1.165, 1.54) is 16.9 Å². The third-order valence-corrected chi connectivity index (χ3v) is 6.48. The van der Waals surface area contributed by atoms with Crippen molar-refractivity contribution in [2.45, 2.75) is 20.0 Å². The van der Waals surface area contributed by atoms with E-state index in [0.29, 0.717) is 12.1 Å². The van der Waals surface area contributed by atoms with E-state index in [4.69, 9.17) is 4.74 Å². The van der Waals surface area contributed by atoms with Crippen LogP contribution in [0.4, 0.5) is 0 Å². The number of ether oxygens (including phenoxy) is 1. The largest absolute Gasteiger partial charge is 0.379 e. The molecule has 1 aromatic heterocycles. The van der Waals surface area contributed by atoms with Crippen LogP contribution < -0.4 is 10.6 Å². The van der Waals surface area contributed by atoms with E-state index in [-0.39, 0.29) is 17.5 Å². The maximum atomic E-state index is 13.2. The first-order valence-corrected chi connectivity index (χ1v) is 12.2. The van der Waals surface area contributed by atoms with Crippen LogP contribution >= 0.6 is 11.3 Å². The van der Waals surface area contributed by atoms with Crippen LogP contribution in [0.5, 0.6) is 0 Å². The summed E-state index contributed by atoms with van der Waals surface area (Å²) < 4.78 is 5.45. The lowest BCUT2D eigenvalue weighted by Crippen LogP contribution is -2.36. The molecule has 7 heteroatoms. The summed E-state index contributed by atoms with van der Waals surface area (Å²) in [6.45, 7) is 6.42. The van der Waals surface area contributed by atoms with E-state index in [2.05, 4.69) is 21.6 Å². The highest BCUT2D eigenvalue weighted by atomic mass is 32.1. The minimum Gasteiger partial charge on any atom is -0.379 e. The molecule has 0 atom stereocenters. The van der Waals surface area contributed by atoms with Gasteiger partial charge >= 0.3 is 0 Å². The number of nitrogens with one attached hydrogen (secondary N) is 2. The Morgan fingerprint density at radius 2 is 1.82 bits per heavy atom. The van der Waals surface area contributed by atoms with Gasteiger partial charge in [-0.3, -0.25) is 14.5 Å². The third kappa shape index (κ3) is 6.63. The molecular weight excluding hydrogens is 446 g/mol. The van der Waals surface area contributed by atoms with Gasteiger partial charge in [0.15, 0.2) is 0 Å². The zero-order chi connectivity index (χ0) is 23.8. The van der Waals surface area contributed by atoms with Gasteiger partial charge in [-0.2, -0.15) is 0 Å². The van der Waals surface area contributed by atoms with E-state index >= 15 is 0 Å². The highest BCUT2D eigenvalue weighted by Gasteiger charge is 2.17. The molecule has 2 aromatic carbocycles. The molecule has 2 heterocycles. The monoisotopic (exact) mass is 475 g/mol. The van der Waals surface area contributed by atoms with Gasteiger partial charge in [-0.25, -0.2) is 0 Å². The van der Waals surface area contributed by atoms with Gasteiger partial charge < -0.3 is 15.4 Å². The molecule has 0 saturated carbocycles. The van der Waals surface area contributed by atoms with Gasteiger partial charge in [0.05, 0.1) is 13.2 Å². The van der Waals surface area contributed by atoms with Gasteiger partial charge in [0.25, 0.3) is 11.8 Å². The standard InChI is InChI=1S/C27H29N3O3S/c1-20-6-4-9-21(16-20)26(31)29-25(17-24-10-5-15-34-24)27(32)28-18-22-7-2-3-8-23(22)19-30-11-13-33-14-12-30/h2-10,15-17H,11-14,18-19H2,1H3,(H,28,32)(H,29,31)/b25-17-. The first kappa shape index (κ1) is 23.9. The summed E-state index contributed by atoms with van der Waals surface area (Å²) in [6.07, 6.45) is 1.72. The summed E-state index contributed by atoms with van der Waals surface area (Å²) >= 11 is 1.51. The highest BCUT2D eigenvalue weighted by Crippen LogP contribution is 2.15. The Kier molecular flexibility index (Phi) is 8.25. The van der Waals surface area contributed by atoms with Crippen molar-refractivity contribution < 1.29 is 14.3 Å². The molecule has 2 amide bonds. The van der Waals surface area contributed by atoms with Crippen LogP contribution in [0.25, 0.3) is 6.08 Å². The molecule has 176 valence electrons. The lowest BCUT2D eigenvalue weighted by Gasteiger charge is -2.27. The van der Waals surface area contributed by atoms with Crippen LogP contribution in [0.2, 0.25) is 0 Å². The van der Waals surface area contributed by atoms with Crippen molar-refractivity contribution in [3.8, 4) is 0 Å². The summed E-state index contributed by atoms with van der Waals surface area (Å²) in [6, 6.07) is 19.3. The molecule has 4 rings (SSSR count). The number of benzene rings is 2. The highest BCUT2D eigenvalue weighted by molar-refractivity contribution is 7.10. The lowest BCUT2D eigenvalue weighted by molar-refractivity contribution is -0.117. The van der Waals surface area contributed by atoms with E-state index < -0.39 is 0 Å². The van der Waals surface area contributed by atoms with Crippen LogP contribution in [0.1, 0.15) is 31.9 Å². The molecule has 0 aliphatic carbocycles. The van der Waals surface area contributed by atoms with Crippen molar-refractivity contribution in [2.75, 3.05) is 26.3 Å². The van der Waals surface area contributed by atoms with Crippen molar-refractivity contribution in [1.29, 1.82) is 0 Å². The Morgan fingerprint density at radius 3 is 2.56 bits per heavy atom. The number of aryl methyl sites for hydroxylation is 1. The average molecular weight is 476 g/mol. The van der Waals surface area contributed by atoms with Crippen molar-refractivity contribution >= 4 is 29.2 Å². The van der Waals surface area contributed by atoms with Gasteiger partial charge in [0.2, 0.25) is 0 Å². The second-order valence-corrected chi connectivity index (χ2v) is 9.22. The summed E-state index contributed by atoms with van der Waals surface area (Å²) in [5.41, 5.74) is 3.96. The second-order valence-electron chi connectivity index (χ2n) is 8.24. The Bertz CT molecular complexity index is 1150. The molecule has 3 aromatic rings. The number of thiophene rings is 1. The molecule has 0 spiro atoms. The predicted octanol–water partition coefficient (Wildman–Crippen LogP) is 3.98. The maximum Gasteiger partial charge on any atom is 0.268 e. The SMILES string of the molecule is Cc1cccc(C(=O)N/C(=C\c2cccs2)C(=O)NCc2ccccc2CN2CCOCC2)c1. The first-order valence-electron chi connectivity index (χ1n) is 11.4. The first-order chi connectivity index (χ1) is 16.6. The number of hydrogen-bond acceptors (Lipinski definition) is 5. The molecule has 1 fully saturated rings. The summed E-state index contributed by atoms with van der Waals surface area (Å²) in [7, 11) is 0. The zero-order valence-electron chi connectivity index (χ0n) is 19.3. The molecule has 0 unspecified atom stereocenters. The number of morpholine rings is 1. The maximum absolute atomic E-state index is 13.2. The molecule has 1 aliphatic heterocycles. The number of nitrogens with zero attached hydrogens (tertiary/aromatic N) is 1. The van der Waals surface area contributed by atoms with Gasteiger partial charge in [-0.15, -0.1) is 11.3 Å². The van der Waals surface area contributed by atoms with E-state index in [9.17, 15) is 9.59 Å². The number of amides is 2. The molecule has 6 nitrogen and oxygen atoms in total. The number of carbonyl (C=O) groups excluding carboxylic acids is 2. The van der Waals surface area contributed by atoms with E-state index in [1.807, 2.05) is 54.8 Å². The van der Waals surface area contributed by atoms with Crippen LogP contribution in [-0.4, -0.2) is 43.0 Å². The number of carbonyl (C=O) groups is 2. The van der Waals surface area contributed by atoms with Crippen molar-refractivity contribution in [3.63, 3.8) is 0 Å². The third-order valence-electron chi connectivity index (χ3n) is 5.66. The molecule has 0 radical (unpaired) electrons. The summed E-state index contributed by atoms with van der Waals surface area (Å²) in [4.78, 5) is 29.3. The minimum atomic E-state index is -0.324. The smallest absolute Gasteiger partial charge is 0.268 e.